The Labute approximate surface area is 102 Å². The van der Waals surface area contributed by atoms with E-state index < -0.39 is 0 Å². The van der Waals surface area contributed by atoms with Gasteiger partial charge in [0.25, 0.3) is 0 Å². The second kappa shape index (κ2) is 6.85. The van der Waals surface area contributed by atoms with Crippen LogP contribution in [0.5, 0.6) is 0 Å². The number of carbonyl (C=O) groups is 1. The molecule has 0 bridgehead atoms. The van der Waals surface area contributed by atoms with Crippen molar-refractivity contribution in [3.8, 4) is 0 Å². The number of anilines is 1. The molecule has 1 atom stereocenters. The number of pyridine rings is 1. The first-order valence-electron chi connectivity index (χ1n) is 5.60. The quantitative estimate of drug-likeness (QED) is 0.723. The number of aromatic nitrogens is 1. The Bertz CT molecular complexity index is 369. The van der Waals surface area contributed by atoms with Crippen LogP contribution in [0.4, 0.5) is 5.82 Å². The Balaban J connectivity index is 2.43. The molecule has 5 nitrogen and oxygen atoms in total. The van der Waals surface area contributed by atoms with Gasteiger partial charge in [-0.15, -0.1) is 0 Å². The number of ether oxygens (including phenoxy) is 1. The molecule has 1 rings (SSSR count). The van der Waals surface area contributed by atoms with E-state index in [2.05, 4.69) is 15.6 Å². The minimum atomic E-state index is -0.318. The summed E-state index contributed by atoms with van der Waals surface area (Å²) in [5, 5.41) is 5.81. The van der Waals surface area contributed by atoms with Crippen LogP contribution in [0.25, 0.3) is 0 Å². The zero-order valence-electron chi connectivity index (χ0n) is 10.5. The lowest BCUT2D eigenvalue weighted by atomic mass is 10.3. The van der Waals surface area contributed by atoms with E-state index in [0.717, 1.165) is 5.69 Å². The van der Waals surface area contributed by atoms with Crippen molar-refractivity contribution in [2.45, 2.75) is 19.9 Å². The molecule has 94 valence electrons. The predicted octanol–water partition coefficient (Wildman–Crippen LogP) is 0.953. The molecule has 0 spiro atoms. The van der Waals surface area contributed by atoms with Gasteiger partial charge in [0.2, 0.25) is 5.91 Å². The van der Waals surface area contributed by atoms with Crippen molar-refractivity contribution < 1.29 is 9.53 Å². The molecule has 0 aliphatic carbocycles. The molecule has 1 unspecified atom stereocenters. The lowest BCUT2D eigenvalue weighted by molar-refractivity contribution is -0.121. The highest BCUT2D eigenvalue weighted by molar-refractivity contribution is 5.83. The third-order valence-electron chi connectivity index (χ3n) is 2.25. The molecule has 0 radical (unpaired) electrons. The van der Waals surface area contributed by atoms with Gasteiger partial charge in [0.15, 0.2) is 0 Å². The molecule has 5 heteroatoms. The van der Waals surface area contributed by atoms with Crippen molar-refractivity contribution in [2.75, 3.05) is 25.6 Å². The summed E-state index contributed by atoms with van der Waals surface area (Å²) in [6.07, 6.45) is 0. The van der Waals surface area contributed by atoms with Crippen molar-refractivity contribution in [2.24, 2.45) is 0 Å². The van der Waals surface area contributed by atoms with Gasteiger partial charge in [-0.05, 0) is 26.0 Å². The van der Waals surface area contributed by atoms with Crippen LogP contribution in [0.3, 0.4) is 0 Å². The number of methoxy groups -OCH3 is 1. The smallest absolute Gasteiger partial charge is 0.242 e. The van der Waals surface area contributed by atoms with Crippen molar-refractivity contribution >= 4 is 11.7 Å². The van der Waals surface area contributed by atoms with E-state index in [1.807, 2.05) is 25.1 Å². The second-order valence-electron chi connectivity index (χ2n) is 3.81. The first-order chi connectivity index (χ1) is 8.13. The summed E-state index contributed by atoms with van der Waals surface area (Å²) in [5.74, 6) is 0.643. The van der Waals surface area contributed by atoms with E-state index in [1.165, 1.54) is 0 Å². The summed E-state index contributed by atoms with van der Waals surface area (Å²) in [5.41, 5.74) is 0.919. The van der Waals surface area contributed by atoms with E-state index in [1.54, 1.807) is 14.0 Å². The Morgan fingerprint density at radius 2 is 2.29 bits per heavy atom. The molecule has 0 aromatic carbocycles. The lowest BCUT2D eigenvalue weighted by Gasteiger charge is -2.14. The summed E-state index contributed by atoms with van der Waals surface area (Å²) >= 11 is 0. The number of nitrogens with one attached hydrogen (secondary N) is 2. The number of amides is 1. The summed E-state index contributed by atoms with van der Waals surface area (Å²) in [6.45, 7) is 4.74. The van der Waals surface area contributed by atoms with Crippen molar-refractivity contribution in [1.82, 2.24) is 10.3 Å². The molecule has 17 heavy (non-hydrogen) atoms. The van der Waals surface area contributed by atoms with Crippen LogP contribution in [0.2, 0.25) is 0 Å². The van der Waals surface area contributed by atoms with Gasteiger partial charge in [-0.2, -0.15) is 0 Å². The predicted molar refractivity (Wildman–Crippen MR) is 66.9 cm³/mol. The fourth-order valence-electron chi connectivity index (χ4n) is 1.34. The maximum atomic E-state index is 11.7. The topological polar surface area (TPSA) is 63.2 Å². The largest absolute Gasteiger partial charge is 0.383 e. The van der Waals surface area contributed by atoms with Gasteiger partial charge in [0.1, 0.15) is 11.9 Å². The van der Waals surface area contributed by atoms with E-state index in [9.17, 15) is 4.79 Å². The average molecular weight is 237 g/mol. The highest BCUT2D eigenvalue weighted by Crippen LogP contribution is 2.05. The van der Waals surface area contributed by atoms with Crippen molar-refractivity contribution in [1.29, 1.82) is 0 Å². The van der Waals surface area contributed by atoms with Gasteiger partial charge >= 0.3 is 0 Å². The average Bonchev–Trinajstić information content (AvgIpc) is 2.29. The maximum Gasteiger partial charge on any atom is 0.242 e. The van der Waals surface area contributed by atoms with Crippen LogP contribution in [-0.2, 0) is 9.53 Å². The normalized spacial score (nSPS) is 11.9. The summed E-state index contributed by atoms with van der Waals surface area (Å²) in [7, 11) is 1.60. The Kier molecular flexibility index (Phi) is 5.42. The first-order valence-corrected chi connectivity index (χ1v) is 5.60. The van der Waals surface area contributed by atoms with Gasteiger partial charge in [0.05, 0.1) is 6.61 Å². The van der Waals surface area contributed by atoms with Crippen molar-refractivity contribution in [3.63, 3.8) is 0 Å². The number of hydrogen-bond acceptors (Lipinski definition) is 4. The van der Waals surface area contributed by atoms with Crippen LogP contribution in [-0.4, -0.2) is 37.2 Å². The molecule has 0 fully saturated rings. The Morgan fingerprint density at radius 1 is 1.53 bits per heavy atom. The van der Waals surface area contributed by atoms with Crippen molar-refractivity contribution in [3.05, 3.63) is 23.9 Å². The van der Waals surface area contributed by atoms with E-state index >= 15 is 0 Å². The van der Waals surface area contributed by atoms with Crippen LogP contribution < -0.4 is 10.6 Å². The number of nitrogens with zero attached hydrogens (tertiary/aromatic N) is 1. The second-order valence-corrected chi connectivity index (χ2v) is 3.81. The highest BCUT2D eigenvalue weighted by Gasteiger charge is 2.11. The minimum absolute atomic E-state index is 0.0645. The summed E-state index contributed by atoms with van der Waals surface area (Å²) < 4.78 is 4.86. The lowest BCUT2D eigenvalue weighted by Crippen LogP contribution is -2.39. The standard InChI is InChI=1S/C12H19N3O2/c1-9-5-4-6-11(14-9)15-10(2)12(16)13-7-8-17-3/h4-6,10H,7-8H2,1-3H3,(H,13,16)(H,14,15). The number of hydrogen-bond donors (Lipinski definition) is 2. The molecular formula is C12H19N3O2. The molecule has 0 saturated carbocycles. The molecule has 2 N–H and O–H groups in total. The molecule has 1 aromatic heterocycles. The molecule has 0 saturated heterocycles. The van der Waals surface area contributed by atoms with Crippen LogP contribution in [0.15, 0.2) is 18.2 Å². The maximum absolute atomic E-state index is 11.7. The van der Waals surface area contributed by atoms with Gasteiger partial charge in [-0.25, -0.2) is 4.98 Å². The molecule has 0 aliphatic heterocycles. The Morgan fingerprint density at radius 3 is 2.94 bits per heavy atom. The number of carbonyl (C=O) groups excluding carboxylic acids is 1. The first kappa shape index (κ1) is 13.4. The summed E-state index contributed by atoms with van der Waals surface area (Å²) in [4.78, 5) is 15.9. The van der Waals surface area contributed by atoms with Gasteiger partial charge in [-0.1, -0.05) is 6.07 Å². The van der Waals surface area contributed by atoms with Gasteiger partial charge in [0, 0.05) is 19.3 Å². The zero-order chi connectivity index (χ0) is 12.7. The Hall–Kier alpha value is -1.62. The molecule has 0 aliphatic rings. The SMILES string of the molecule is COCCNC(=O)C(C)Nc1cccc(C)n1. The third-order valence-corrected chi connectivity index (χ3v) is 2.25. The highest BCUT2D eigenvalue weighted by atomic mass is 16.5. The van der Waals surface area contributed by atoms with E-state index in [4.69, 9.17) is 4.74 Å². The fraction of sp³-hybridized carbons (Fsp3) is 0.500. The molecular weight excluding hydrogens is 218 g/mol. The third kappa shape index (κ3) is 4.82. The van der Waals surface area contributed by atoms with Crippen LogP contribution in [0, 0.1) is 6.92 Å². The fourth-order valence-corrected chi connectivity index (χ4v) is 1.34. The van der Waals surface area contributed by atoms with Crippen LogP contribution in [0.1, 0.15) is 12.6 Å². The molecule has 1 heterocycles. The van der Waals surface area contributed by atoms with Crippen LogP contribution >= 0.6 is 0 Å². The minimum Gasteiger partial charge on any atom is -0.383 e. The monoisotopic (exact) mass is 237 g/mol. The zero-order valence-corrected chi connectivity index (χ0v) is 10.5. The molecule has 1 amide bonds. The van der Waals surface area contributed by atoms with E-state index in [-0.39, 0.29) is 11.9 Å². The molecule has 1 aromatic rings. The van der Waals surface area contributed by atoms with Gasteiger partial charge < -0.3 is 15.4 Å². The summed E-state index contributed by atoms with van der Waals surface area (Å²) in [6, 6.07) is 5.34. The van der Waals surface area contributed by atoms with E-state index in [0.29, 0.717) is 19.0 Å². The van der Waals surface area contributed by atoms with Gasteiger partial charge in [-0.3, -0.25) is 4.79 Å². The number of rotatable bonds is 6. The number of aryl methyl sites for hydroxylation is 1.